The van der Waals surface area contributed by atoms with E-state index in [1.165, 1.54) is 17.0 Å². The standard InChI is InChI=1S/C25H17ClN2O5/c26-16-4-3-5-18(13-16)27-14-15(12-22(27)29)25(32)33-19-10-8-17(9-11-19)28-23(30)20-6-1-2-7-21(20)24(28)31/h1-11,13,15H,12,14H2/t15-/m0/s1. The first kappa shape index (κ1) is 20.9. The van der Waals surface area contributed by atoms with Crippen molar-refractivity contribution < 1.29 is 23.9 Å². The van der Waals surface area contributed by atoms with Gasteiger partial charge in [-0.25, -0.2) is 4.90 Å². The van der Waals surface area contributed by atoms with Crippen LogP contribution >= 0.6 is 11.6 Å². The Labute approximate surface area is 194 Å². The van der Waals surface area contributed by atoms with E-state index >= 15 is 0 Å². The number of rotatable bonds is 4. The average molecular weight is 461 g/mol. The third kappa shape index (κ3) is 3.76. The topological polar surface area (TPSA) is 84.0 Å². The Balaban J connectivity index is 1.27. The van der Waals surface area contributed by atoms with Gasteiger partial charge in [0.25, 0.3) is 11.8 Å². The van der Waals surface area contributed by atoms with Crippen LogP contribution in [0, 0.1) is 5.92 Å². The number of amides is 3. The van der Waals surface area contributed by atoms with Crippen molar-refractivity contribution in [1.29, 1.82) is 0 Å². The van der Waals surface area contributed by atoms with Gasteiger partial charge in [0.1, 0.15) is 5.75 Å². The molecule has 164 valence electrons. The number of halogens is 1. The Hall–Kier alpha value is -3.97. The van der Waals surface area contributed by atoms with Crippen molar-refractivity contribution >= 4 is 46.7 Å². The van der Waals surface area contributed by atoms with E-state index in [9.17, 15) is 19.2 Å². The predicted molar refractivity (Wildman–Crippen MR) is 122 cm³/mol. The van der Waals surface area contributed by atoms with Crippen LogP contribution in [-0.4, -0.2) is 30.2 Å². The minimum absolute atomic E-state index is 0.0401. The summed E-state index contributed by atoms with van der Waals surface area (Å²) in [6.07, 6.45) is 0.0401. The van der Waals surface area contributed by atoms with Gasteiger partial charge in [0.15, 0.2) is 0 Å². The third-order valence-electron chi connectivity index (χ3n) is 5.69. The number of hydrogen-bond acceptors (Lipinski definition) is 5. The van der Waals surface area contributed by atoms with E-state index in [0.29, 0.717) is 27.5 Å². The molecule has 0 spiro atoms. The van der Waals surface area contributed by atoms with Crippen LogP contribution in [0.5, 0.6) is 5.75 Å². The molecule has 1 atom stereocenters. The molecule has 7 nitrogen and oxygen atoms in total. The number of hydrogen-bond donors (Lipinski definition) is 0. The molecule has 2 aliphatic heterocycles. The van der Waals surface area contributed by atoms with Crippen LogP contribution in [0.3, 0.4) is 0 Å². The summed E-state index contributed by atoms with van der Waals surface area (Å²) in [5.41, 5.74) is 1.72. The Kier molecular flexibility index (Phi) is 5.18. The molecule has 1 fully saturated rings. The number of esters is 1. The molecule has 0 unspecified atom stereocenters. The molecule has 33 heavy (non-hydrogen) atoms. The maximum atomic E-state index is 12.7. The summed E-state index contributed by atoms with van der Waals surface area (Å²) in [7, 11) is 0. The number of carbonyl (C=O) groups excluding carboxylic acids is 4. The minimum atomic E-state index is -0.618. The number of ether oxygens (including phenoxy) is 1. The highest BCUT2D eigenvalue weighted by Crippen LogP contribution is 2.31. The van der Waals surface area contributed by atoms with Crippen LogP contribution in [0.25, 0.3) is 0 Å². The van der Waals surface area contributed by atoms with Crippen LogP contribution in [0.2, 0.25) is 5.02 Å². The fourth-order valence-corrected chi connectivity index (χ4v) is 4.23. The number of imide groups is 1. The molecule has 0 aliphatic carbocycles. The second-order valence-corrected chi connectivity index (χ2v) is 8.23. The lowest BCUT2D eigenvalue weighted by molar-refractivity contribution is -0.139. The molecule has 8 heteroatoms. The molecule has 5 rings (SSSR count). The monoisotopic (exact) mass is 460 g/mol. The largest absolute Gasteiger partial charge is 0.426 e. The highest BCUT2D eigenvalue weighted by molar-refractivity contribution is 6.34. The average Bonchev–Trinajstić information content (AvgIpc) is 3.32. The highest BCUT2D eigenvalue weighted by Gasteiger charge is 2.37. The maximum Gasteiger partial charge on any atom is 0.316 e. The Bertz CT molecular complexity index is 1270. The summed E-state index contributed by atoms with van der Waals surface area (Å²) in [5, 5.41) is 0.504. The lowest BCUT2D eigenvalue weighted by Crippen LogP contribution is -2.29. The first-order valence-electron chi connectivity index (χ1n) is 10.3. The van der Waals surface area contributed by atoms with E-state index < -0.39 is 23.7 Å². The van der Waals surface area contributed by atoms with Crippen LogP contribution < -0.4 is 14.5 Å². The number of carbonyl (C=O) groups is 4. The number of anilines is 2. The molecule has 3 aromatic carbocycles. The summed E-state index contributed by atoms with van der Waals surface area (Å²) in [6, 6.07) is 19.6. The summed E-state index contributed by atoms with van der Waals surface area (Å²) >= 11 is 6.01. The van der Waals surface area contributed by atoms with E-state index in [2.05, 4.69) is 0 Å². The van der Waals surface area contributed by atoms with Crippen molar-refractivity contribution in [2.45, 2.75) is 6.42 Å². The van der Waals surface area contributed by atoms with Crippen LogP contribution in [0.1, 0.15) is 27.1 Å². The van der Waals surface area contributed by atoms with Crippen molar-refractivity contribution in [1.82, 2.24) is 0 Å². The summed E-state index contributed by atoms with van der Waals surface area (Å²) in [5.74, 6) is -1.86. The smallest absolute Gasteiger partial charge is 0.316 e. The SMILES string of the molecule is O=C(Oc1ccc(N2C(=O)c3ccccc3C2=O)cc1)[C@H]1CC(=O)N(c2cccc(Cl)c2)C1. The molecule has 3 aromatic rings. The normalized spacial score (nSPS) is 17.5. The zero-order chi connectivity index (χ0) is 23.1. The first-order chi connectivity index (χ1) is 15.9. The molecule has 3 amide bonds. The lowest BCUT2D eigenvalue weighted by Gasteiger charge is -2.17. The molecular weight excluding hydrogens is 444 g/mol. The molecule has 2 heterocycles. The van der Waals surface area contributed by atoms with Gasteiger partial charge in [-0.05, 0) is 54.6 Å². The van der Waals surface area contributed by atoms with Gasteiger partial charge in [-0.2, -0.15) is 0 Å². The fourth-order valence-electron chi connectivity index (χ4n) is 4.05. The van der Waals surface area contributed by atoms with Gasteiger partial charge in [0.05, 0.1) is 22.7 Å². The summed E-state index contributed by atoms with van der Waals surface area (Å²) < 4.78 is 5.46. The van der Waals surface area contributed by atoms with Gasteiger partial charge < -0.3 is 9.64 Å². The van der Waals surface area contributed by atoms with Gasteiger partial charge in [-0.1, -0.05) is 29.8 Å². The van der Waals surface area contributed by atoms with Crippen molar-refractivity contribution in [3.63, 3.8) is 0 Å². The van der Waals surface area contributed by atoms with Crippen molar-refractivity contribution in [2.24, 2.45) is 5.92 Å². The number of fused-ring (bicyclic) bond motifs is 1. The molecule has 1 saturated heterocycles. The van der Waals surface area contributed by atoms with Crippen molar-refractivity contribution in [3.8, 4) is 5.75 Å². The van der Waals surface area contributed by atoms with Crippen molar-refractivity contribution in [2.75, 3.05) is 16.3 Å². The lowest BCUT2D eigenvalue weighted by atomic mass is 10.1. The summed E-state index contributed by atoms with van der Waals surface area (Å²) in [4.78, 5) is 52.9. The van der Waals surface area contributed by atoms with Gasteiger partial charge in [0.2, 0.25) is 5.91 Å². The number of nitrogens with zero attached hydrogens (tertiary/aromatic N) is 2. The minimum Gasteiger partial charge on any atom is -0.426 e. The molecule has 2 aliphatic rings. The molecule has 0 radical (unpaired) electrons. The van der Waals surface area contributed by atoms with E-state index in [1.54, 1.807) is 60.7 Å². The van der Waals surface area contributed by atoms with Gasteiger partial charge in [0, 0.05) is 23.7 Å². The summed E-state index contributed by atoms with van der Waals surface area (Å²) in [6.45, 7) is 0.200. The van der Waals surface area contributed by atoms with Gasteiger partial charge >= 0.3 is 5.97 Å². The maximum absolute atomic E-state index is 12.7. The molecule has 0 N–H and O–H groups in total. The predicted octanol–water partition coefficient (Wildman–Crippen LogP) is 4.10. The van der Waals surface area contributed by atoms with E-state index in [-0.39, 0.29) is 24.6 Å². The molecule has 0 bridgehead atoms. The number of benzene rings is 3. The second-order valence-electron chi connectivity index (χ2n) is 7.79. The Morgan fingerprint density at radius 1 is 0.848 bits per heavy atom. The van der Waals surface area contributed by atoms with E-state index in [0.717, 1.165) is 4.90 Å². The van der Waals surface area contributed by atoms with E-state index in [4.69, 9.17) is 16.3 Å². The zero-order valence-electron chi connectivity index (χ0n) is 17.2. The second kappa shape index (κ2) is 8.18. The third-order valence-corrected chi connectivity index (χ3v) is 5.92. The van der Waals surface area contributed by atoms with Crippen LogP contribution in [0.4, 0.5) is 11.4 Å². The van der Waals surface area contributed by atoms with Crippen LogP contribution in [0.15, 0.2) is 72.8 Å². The molecular formula is C25H17ClN2O5. The van der Waals surface area contributed by atoms with E-state index in [1.807, 2.05) is 0 Å². The highest BCUT2D eigenvalue weighted by atomic mass is 35.5. The van der Waals surface area contributed by atoms with Gasteiger partial charge in [-0.15, -0.1) is 0 Å². The quantitative estimate of drug-likeness (QED) is 0.332. The molecule has 0 aromatic heterocycles. The Morgan fingerprint density at radius 3 is 2.15 bits per heavy atom. The van der Waals surface area contributed by atoms with Crippen molar-refractivity contribution in [3.05, 3.63) is 88.9 Å². The fraction of sp³-hybridized carbons (Fsp3) is 0.120. The Morgan fingerprint density at radius 2 is 1.52 bits per heavy atom. The first-order valence-corrected chi connectivity index (χ1v) is 10.7. The zero-order valence-corrected chi connectivity index (χ0v) is 18.0. The van der Waals surface area contributed by atoms with Gasteiger partial charge in [-0.3, -0.25) is 19.2 Å². The molecule has 0 saturated carbocycles. The van der Waals surface area contributed by atoms with Crippen LogP contribution in [-0.2, 0) is 9.59 Å².